The van der Waals surface area contributed by atoms with Crippen LogP contribution in [0.15, 0.2) is 30.7 Å². The van der Waals surface area contributed by atoms with Crippen LogP contribution in [-0.4, -0.2) is 45.2 Å². The molecule has 3 heterocycles. The number of halogens is 3. The molecular weight excluding hydrogens is 427 g/mol. The molecule has 9 nitrogen and oxygen atoms in total. The summed E-state index contributed by atoms with van der Waals surface area (Å²) >= 11 is 0.464. The number of ether oxygens (including phenoxy) is 2. The predicted molar refractivity (Wildman–Crippen MR) is 98.5 cm³/mol. The Morgan fingerprint density at radius 3 is 2.37 bits per heavy atom. The van der Waals surface area contributed by atoms with Gasteiger partial charge in [0.05, 0.1) is 24.8 Å². The van der Waals surface area contributed by atoms with E-state index in [2.05, 4.69) is 25.3 Å². The van der Waals surface area contributed by atoms with Gasteiger partial charge in [-0.25, -0.2) is 15.0 Å². The van der Waals surface area contributed by atoms with Crippen molar-refractivity contribution in [3.63, 3.8) is 0 Å². The molecule has 0 saturated heterocycles. The zero-order valence-electron chi connectivity index (χ0n) is 15.5. The number of aromatic nitrogens is 4. The third-order valence-electron chi connectivity index (χ3n) is 3.75. The first-order chi connectivity index (χ1) is 14.3. The minimum atomic E-state index is -4.87. The monoisotopic (exact) mass is 441 g/mol. The fraction of sp³-hybridized carbons (Fsp3) is 0.235. The second kappa shape index (κ2) is 8.59. The van der Waals surface area contributed by atoms with Crippen molar-refractivity contribution in [2.75, 3.05) is 19.5 Å². The highest BCUT2D eigenvalue weighted by atomic mass is 32.1. The molecule has 0 saturated carbocycles. The maximum absolute atomic E-state index is 13.5. The molecule has 0 aromatic carbocycles. The highest BCUT2D eigenvalue weighted by Gasteiger charge is 2.40. The van der Waals surface area contributed by atoms with Gasteiger partial charge >= 0.3 is 6.18 Å². The first-order valence-corrected chi connectivity index (χ1v) is 8.99. The predicted octanol–water partition coefficient (Wildman–Crippen LogP) is 2.70. The number of alkyl halides is 3. The molecule has 0 aliphatic rings. The lowest BCUT2D eigenvalue weighted by molar-refractivity contribution is -0.142. The number of thiazole rings is 1. The number of hydrogen-bond acceptors (Lipinski definition) is 9. The summed E-state index contributed by atoms with van der Waals surface area (Å²) in [5.41, 5.74) is -1.55. The van der Waals surface area contributed by atoms with Gasteiger partial charge in [0, 0.05) is 6.20 Å². The number of carbonyl (C=O) groups excluding carboxylic acids is 1. The lowest BCUT2D eigenvalue weighted by Crippen LogP contribution is -2.16. The summed E-state index contributed by atoms with van der Waals surface area (Å²) < 4.78 is 50.4. The van der Waals surface area contributed by atoms with E-state index in [0.29, 0.717) is 11.3 Å². The molecule has 0 aliphatic heterocycles. The average Bonchev–Trinajstić information content (AvgIpc) is 3.17. The standard InChI is InChI=1S/C17H14F3N5O4S/c1-28-14-9(15(29-2)23-7-22-14)13(27)25-16-24-12(17(18,19)20)11(30-16)10(26)8-5-3-4-6-21-8/h3-7,10,26H,1-2H3,(H,24,25,27). The van der Waals surface area contributed by atoms with Crippen molar-refractivity contribution in [1.29, 1.82) is 0 Å². The number of rotatable bonds is 6. The average molecular weight is 441 g/mol. The van der Waals surface area contributed by atoms with Crippen molar-refractivity contribution >= 4 is 22.4 Å². The number of hydrogen-bond donors (Lipinski definition) is 2. The molecule has 3 aromatic heterocycles. The maximum atomic E-state index is 13.5. The van der Waals surface area contributed by atoms with E-state index in [4.69, 9.17) is 9.47 Å². The number of methoxy groups -OCH3 is 2. The van der Waals surface area contributed by atoms with Gasteiger partial charge in [0.2, 0.25) is 11.8 Å². The van der Waals surface area contributed by atoms with Crippen molar-refractivity contribution in [1.82, 2.24) is 19.9 Å². The molecule has 1 unspecified atom stereocenters. The van der Waals surface area contributed by atoms with Gasteiger partial charge in [-0.2, -0.15) is 13.2 Å². The summed E-state index contributed by atoms with van der Waals surface area (Å²) in [6.07, 6.45) is -4.12. The number of carbonyl (C=O) groups is 1. The minimum absolute atomic E-state index is 0.00400. The molecule has 13 heteroatoms. The Morgan fingerprint density at radius 1 is 1.17 bits per heavy atom. The first-order valence-electron chi connectivity index (χ1n) is 8.17. The van der Waals surface area contributed by atoms with Gasteiger partial charge in [-0.1, -0.05) is 17.4 Å². The summed E-state index contributed by atoms with van der Waals surface area (Å²) in [4.78, 5) is 27.0. The summed E-state index contributed by atoms with van der Waals surface area (Å²) in [5.74, 6) is -1.17. The van der Waals surface area contributed by atoms with Gasteiger partial charge < -0.3 is 14.6 Å². The fourth-order valence-electron chi connectivity index (χ4n) is 2.46. The van der Waals surface area contributed by atoms with Crippen molar-refractivity contribution in [2.45, 2.75) is 12.3 Å². The van der Waals surface area contributed by atoms with E-state index >= 15 is 0 Å². The molecule has 1 amide bonds. The lowest BCUT2D eigenvalue weighted by Gasteiger charge is -2.11. The topological polar surface area (TPSA) is 119 Å². The highest BCUT2D eigenvalue weighted by molar-refractivity contribution is 7.16. The van der Waals surface area contributed by atoms with Crippen LogP contribution in [0, 0.1) is 0 Å². The summed E-state index contributed by atoms with van der Waals surface area (Å²) in [7, 11) is 2.51. The maximum Gasteiger partial charge on any atom is 0.434 e. The normalized spacial score (nSPS) is 12.3. The number of amides is 1. The summed E-state index contributed by atoms with van der Waals surface area (Å²) in [6.45, 7) is 0. The molecule has 0 fully saturated rings. The Kier molecular flexibility index (Phi) is 6.12. The molecule has 3 aromatic rings. The lowest BCUT2D eigenvalue weighted by atomic mass is 10.1. The van der Waals surface area contributed by atoms with E-state index in [1.165, 1.54) is 32.5 Å². The van der Waals surface area contributed by atoms with Crippen LogP contribution < -0.4 is 14.8 Å². The van der Waals surface area contributed by atoms with E-state index in [-0.39, 0.29) is 23.0 Å². The smallest absolute Gasteiger partial charge is 0.434 e. The molecule has 0 aliphatic carbocycles. The van der Waals surface area contributed by atoms with E-state index in [1.807, 2.05) is 0 Å². The molecule has 0 radical (unpaired) electrons. The van der Waals surface area contributed by atoms with Gasteiger partial charge in [0.25, 0.3) is 5.91 Å². The van der Waals surface area contributed by atoms with E-state index < -0.39 is 33.9 Å². The van der Waals surface area contributed by atoms with E-state index in [9.17, 15) is 23.1 Å². The second-order valence-corrected chi connectivity index (χ2v) is 6.64. The quantitative estimate of drug-likeness (QED) is 0.599. The van der Waals surface area contributed by atoms with Crippen LogP contribution >= 0.6 is 11.3 Å². The van der Waals surface area contributed by atoms with Crippen LogP contribution in [-0.2, 0) is 6.18 Å². The number of nitrogens with one attached hydrogen (secondary N) is 1. The number of aliphatic hydroxyl groups excluding tert-OH is 1. The molecule has 158 valence electrons. The van der Waals surface area contributed by atoms with Gasteiger partial charge in [-0.05, 0) is 12.1 Å². The number of aliphatic hydroxyl groups is 1. The molecular formula is C17H14F3N5O4S. The molecule has 0 bridgehead atoms. The number of anilines is 1. The van der Waals surface area contributed by atoms with Gasteiger partial charge in [0.15, 0.2) is 16.4 Å². The van der Waals surface area contributed by atoms with Crippen molar-refractivity contribution in [2.24, 2.45) is 0 Å². The van der Waals surface area contributed by atoms with Crippen molar-refractivity contribution < 1.29 is 32.5 Å². The third-order valence-corrected chi connectivity index (χ3v) is 4.77. The van der Waals surface area contributed by atoms with Crippen LogP contribution in [0.25, 0.3) is 0 Å². The van der Waals surface area contributed by atoms with Crippen LogP contribution in [0.5, 0.6) is 11.8 Å². The van der Waals surface area contributed by atoms with Gasteiger partial charge in [-0.15, -0.1) is 0 Å². The molecule has 2 N–H and O–H groups in total. The Hall–Kier alpha value is -3.32. The highest BCUT2D eigenvalue weighted by Crippen LogP contribution is 2.41. The first kappa shape index (κ1) is 21.4. The third kappa shape index (κ3) is 4.31. The Labute approximate surface area is 171 Å². The fourth-order valence-corrected chi connectivity index (χ4v) is 3.44. The van der Waals surface area contributed by atoms with E-state index in [0.717, 1.165) is 6.33 Å². The molecule has 1 atom stereocenters. The zero-order valence-corrected chi connectivity index (χ0v) is 16.3. The zero-order chi connectivity index (χ0) is 21.9. The van der Waals surface area contributed by atoms with E-state index in [1.54, 1.807) is 6.07 Å². The second-order valence-electron chi connectivity index (χ2n) is 5.61. The van der Waals surface area contributed by atoms with Crippen molar-refractivity contribution in [3.8, 4) is 11.8 Å². The minimum Gasteiger partial charge on any atom is -0.480 e. The van der Waals surface area contributed by atoms with Crippen LogP contribution in [0.4, 0.5) is 18.3 Å². The largest absolute Gasteiger partial charge is 0.480 e. The Morgan fingerprint density at radius 2 is 1.83 bits per heavy atom. The van der Waals surface area contributed by atoms with Crippen molar-refractivity contribution in [3.05, 3.63) is 52.6 Å². The van der Waals surface area contributed by atoms with Crippen LogP contribution in [0.1, 0.15) is 32.7 Å². The number of pyridine rings is 1. The van der Waals surface area contributed by atoms with Crippen LogP contribution in [0.3, 0.4) is 0 Å². The van der Waals surface area contributed by atoms with Gasteiger partial charge in [0.1, 0.15) is 12.4 Å². The molecule has 3 rings (SSSR count). The SMILES string of the molecule is COc1ncnc(OC)c1C(=O)Nc1nc(C(F)(F)F)c(C(O)c2ccccn2)s1. The van der Waals surface area contributed by atoms with Crippen LogP contribution in [0.2, 0.25) is 0 Å². The molecule has 0 spiro atoms. The molecule has 30 heavy (non-hydrogen) atoms. The van der Waals surface area contributed by atoms with Gasteiger partial charge in [-0.3, -0.25) is 15.1 Å². The Bertz CT molecular complexity index is 1020. The number of nitrogens with zero attached hydrogens (tertiary/aromatic N) is 4. The summed E-state index contributed by atoms with van der Waals surface area (Å²) in [6, 6.07) is 4.46. The summed E-state index contributed by atoms with van der Waals surface area (Å²) in [5, 5.41) is 12.2. The Balaban J connectivity index is 1.99.